The fourth-order valence-electron chi connectivity index (χ4n) is 2.41. The Kier molecular flexibility index (Phi) is 8.07. The number of hydrogen-bond donors (Lipinski definition) is 2. The Morgan fingerprint density at radius 1 is 1.32 bits per heavy atom. The van der Waals surface area contributed by atoms with Crippen LogP contribution in [0.1, 0.15) is 59.3 Å². The minimum absolute atomic E-state index is 0.110. The van der Waals surface area contributed by atoms with Crippen LogP contribution in [0.5, 0.6) is 0 Å². The fraction of sp³-hybridized carbons (Fsp3) is 0.933. The normalized spacial score (nSPS) is 21.4. The summed E-state index contributed by atoms with van der Waals surface area (Å²) in [5, 5.41) is 6.36. The number of carbonyl (C=O) groups is 1. The lowest BCUT2D eigenvalue weighted by Crippen LogP contribution is -2.46. The lowest BCUT2D eigenvalue weighted by atomic mass is 10.1. The number of rotatable bonds is 8. The number of hydrogen-bond acceptors (Lipinski definition) is 3. The van der Waals surface area contributed by atoms with E-state index in [0.717, 1.165) is 38.8 Å². The van der Waals surface area contributed by atoms with E-state index in [0.29, 0.717) is 12.1 Å². The quantitative estimate of drug-likeness (QED) is 0.711. The summed E-state index contributed by atoms with van der Waals surface area (Å²) in [6.45, 7) is 7.89. The van der Waals surface area contributed by atoms with E-state index in [1.165, 1.54) is 12.8 Å². The first-order chi connectivity index (χ1) is 9.17. The molecule has 1 aliphatic heterocycles. The third-order valence-corrected chi connectivity index (χ3v) is 3.92. The SMILES string of the molecule is CCC(CC)NC(=O)C(C)NCCC1CCCCO1. The van der Waals surface area contributed by atoms with Crippen LogP contribution in [-0.2, 0) is 9.53 Å². The molecule has 0 aliphatic carbocycles. The van der Waals surface area contributed by atoms with Crippen LogP contribution < -0.4 is 10.6 Å². The molecule has 112 valence electrons. The van der Waals surface area contributed by atoms with Crippen molar-refractivity contribution in [3.05, 3.63) is 0 Å². The highest BCUT2D eigenvalue weighted by atomic mass is 16.5. The topological polar surface area (TPSA) is 50.4 Å². The number of carbonyl (C=O) groups excluding carboxylic acids is 1. The van der Waals surface area contributed by atoms with Crippen LogP contribution in [0, 0.1) is 0 Å². The van der Waals surface area contributed by atoms with Gasteiger partial charge in [0, 0.05) is 12.6 Å². The van der Waals surface area contributed by atoms with Gasteiger partial charge in [0.25, 0.3) is 0 Å². The Morgan fingerprint density at radius 2 is 2.05 bits per heavy atom. The van der Waals surface area contributed by atoms with Crippen molar-refractivity contribution >= 4 is 5.91 Å². The third-order valence-electron chi connectivity index (χ3n) is 3.92. The van der Waals surface area contributed by atoms with Crippen LogP contribution in [-0.4, -0.2) is 37.2 Å². The highest BCUT2D eigenvalue weighted by molar-refractivity contribution is 5.81. The smallest absolute Gasteiger partial charge is 0.237 e. The molecule has 1 fully saturated rings. The van der Waals surface area contributed by atoms with Crippen molar-refractivity contribution < 1.29 is 9.53 Å². The molecule has 0 aromatic carbocycles. The first-order valence-corrected chi connectivity index (χ1v) is 7.82. The van der Waals surface area contributed by atoms with Gasteiger partial charge in [0.2, 0.25) is 5.91 Å². The Bertz CT molecular complexity index is 249. The minimum atomic E-state index is -0.121. The zero-order chi connectivity index (χ0) is 14.1. The molecule has 2 N–H and O–H groups in total. The number of ether oxygens (including phenoxy) is 1. The predicted octanol–water partition coefficient (Wildman–Crippen LogP) is 2.23. The summed E-state index contributed by atoms with van der Waals surface area (Å²) in [7, 11) is 0. The third kappa shape index (κ3) is 6.39. The van der Waals surface area contributed by atoms with E-state index in [2.05, 4.69) is 24.5 Å². The Morgan fingerprint density at radius 3 is 2.63 bits per heavy atom. The van der Waals surface area contributed by atoms with Crippen LogP contribution in [0.15, 0.2) is 0 Å². The predicted molar refractivity (Wildman–Crippen MR) is 78.2 cm³/mol. The molecule has 1 aliphatic rings. The molecule has 2 unspecified atom stereocenters. The van der Waals surface area contributed by atoms with Crippen LogP contribution in [0.25, 0.3) is 0 Å². The molecule has 4 nitrogen and oxygen atoms in total. The largest absolute Gasteiger partial charge is 0.378 e. The first kappa shape index (κ1) is 16.4. The second kappa shape index (κ2) is 9.32. The lowest BCUT2D eigenvalue weighted by Gasteiger charge is -2.24. The van der Waals surface area contributed by atoms with Crippen molar-refractivity contribution in [2.75, 3.05) is 13.2 Å². The molecule has 0 aromatic rings. The standard InChI is InChI=1S/C15H30N2O2/c1-4-13(5-2)17-15(18)12(3)16-10-9-14-8-6-7-11-19-14/h12-14,16H,4-11H2,1-3H3,(H,17,18). The number of nitrogens with one attached hydrogen (secondary N) is 2. The van der Waals surface area contributed by atoms with E-state index in [-0.39, 0.29) is 11.9 Å². The highest BCUT2D eigenvalue weighted by Crippen LogP contribution is 2.14. The van der Waals surface area contributed by atoms with Crippen molar-refractivity contribution in [3.63, 3.8) is 0 Å². The maximum absolute atomic E-state index is 11.9. The van der Waals surface area contributed by atoms with Crippen molar-refractivity contribution in [1.29, 1.82) is 0 Å². The Balaban J connectivity index is 2.15. The molecular weight excluding hydrogens is 240 g/mol. The average Bonchev–Trinajstić information content (AvgIpc) is 2.45. The van der Waals surface area contributed by atoms with Gasteiger partial charge in [0.1, 0.15) is 0 Å². The molecule has 1 saturated heterocycles. The Hall–Kier alpha value is -0.610. The van der Waals surface area contributed by atoms with E-state index in [1.54, 1.807) is 0 Å². The van der Waals surface area contributed by atoms with E-state index in [1.807, 2.05) is 6.92 Å². The lowest BCUT2D eigenvalue weighted by molar-refractivity contribution is -0.123. The average molecular weight is 270 g/mol. The molecule has 1 rings (SSSR count). The molecule has 0 spiro atoms. The Labute approximate surface area is 117 Å². The van der Waals surface area contributed by atoms with Gasteiger partial charge in [-0.25, -0.2) is 0 Å². The van der Waals surface area contributed by atoms with Crippen molar-refractivity contribution in [2.24, 2.45) is 0 Å². The van der Waals surface area contributed by atoms with Crippen LogP contribution in [0.2, 0.25) is 0 Å². The molecule has 1 heterocycles. The zero-order valence-corrected chi connectivity index (χ0v) is 12.7. The summed E-state index contributed by atoms with van der Waals surface area (Å²) in [5.74, 6) is 0.110. The van der Waals surface area contributed by atoms with Crippen molar-refractivity contribution in [3.8, 4) is 0 Å². The second-order valence-corrected chi connectivity index (χ2v) is 5.48. The molecule has 2 atom stereocenters. The first-order valence-electron chi connectivity index (χ1n) is 7.82. The summed E-state index contributed by atoms with van der Waals surface area (Å²) >= 11 is 0. The van der Waals surface area contributed by atoms with E-state index < -0.39 is 0 Å². The molecule has 0 radical (unpaired) electrons. The van der Waals surface area contributed by atoms with Gasteiger partial charge in [0.05, 0.1) is 12.1 Å². The summed E-state index contributed by atoms with van der Waals surface area (Å²) < 4.78 is 5.68. The fourth-order valence-corrected chi connectivity index (χ4v) is 2.41. The zero-order valence-electron chi connectivity index (χ0n) is 12.7. The van der Waals surface area contributed by atoms with Gasteiger partial charge in [-0.05, 0) is 52.0 Å². The monoisotopic (exact) mass is 270 g/mol. The van der Waals surface area contributed by atoms with Gasteiger partial charge < -0.3 is 15.4 Å². The maximum atomic E-state index is 11.9. The highest BCUT2D eigenvalue weighted by Gasteiger charge is 2.17. The summed E-state index contributed by atoms with van der Waals surface area (Å²) in [6, 6.07) is 0.183. The summed E-state index contributed by atoms with van der Waals surface area (Å²) in [6.07, 6.45) is 7.00. The summed E-state index contributed by atoms with van der Waals surface area (Å²) in [5.41, 5.74) is 0. The van der Waals surface area contributed by atoms with Crippen molar-refractivity contribution in [1.82, 2.24) is 10.6 Å². The minimum Gasteiger partial charge on any atom is -0.378 e. The van der Waals surface area contributed by atoms with Gasteiger partial charge in [-0.1, -0.05) is 13.8 Å². The van der Waals surface area contributed by atoms with Gasteiger partial charge in [0.15, 0.2) is 0 Å². The van der Waals surface area contributed by atoms with Crippen molar-refractivity contribution in [2.45, 2.75) is 77.5 Å². The van der Waals surface area contributed by atoms with Crippen LogP contribution >= 0.6 is 0 Å². The molecule has 19 heavy (non-hydrogen) atoms. The van der Waals surface area contributed by atoms with Crippen LogP contribution in [0.4, 0.5) is 0 Å². The molecule has 0 aromatic heterocycles. The second-order valence-electron chi connectivity index (χ2n) is 5.48. The van der Waals surface area contributed by atoms with Gasteiger partial charge in [-0.2, -0.15) is 0 Å². The molecular formula is C15H30N2O2. The van der Waals surface area contributed by atoms with Gasteiger partial charge in [-0.3, -0.25) is 4.79 Å². The van der Waals surface area contributed by atoms with Crippen LogP contribution in [0.3, 0.4) is 0 Å². The van der Waals surface area contributed by atoms with Gasteiger partial charge >= 0.3 is 0 Å². The molecule has 1 amide bonds. The molecule has 0 bridgehead atoms. The molecule has 0 saturated carbocycles. The molecule has 4 heteroatoms. The maximum Gasteiger partial charge on any atom is 0.237 e. The van der Waals surface area contributed by atoms with Gasteiger partial charge in [-0.15, -0.1) is 0 Å². The van der Waals surface area contributed by atoms with E-state index in [4.69, 9.17) is 4.74 Å². The number of amides is 1. The summed E-state index contributed by atoms with van der Waals surface area (Å²) in [4.78, 5) is 11.9. The van der Waals surface area contributed by atoms with E-state index in [9.17, 15) is 4.79 Å². The van der Waals surface area contributed by atoms with E-state index >= 15 is 0 Å².